The van der Waals surface area contributed by atoms with Gasteiger partial charge in [0.05, 0.1) is 12.1 Å². The Morgan fingerprint density at radius 1 is 1.04 bits per heavy atom. The number of hydrogen-bond acceptors (Lipinski definition) is 5. The minimum atomic E-state index is -4.77. The number of pyridine rings is 1. The van der Waals surface area contributed by atoms with E-state index < -0.39 is 17.8 Å². The van der Waals surface area contributed by atoms with E-state index in [9.17, 15) is 22.8 Å². The Labute approximate surface area is 156 Å². The molecule has 1 aromatic heterocycles. The molecule has 9 heteroatoms. The lowest BCUT2D eigenvalue weighted by atomic mass is 10.1. The number of nitrogens with one attached hydrogen (secondary N) is 1. The summed E-state index contributed by atoms with van der Waals surface area (Å²) in [6, 6.07) is 9.40. The van der Waals surface area contributed by atoms with E-state index in [1.807, 2.05) is 0 Å². The lowest BCUT2D eigenvalue weighted by Gasteiger charge is -2.10. The molecule has 0 bridgehead atoms. The molecule has 1 heterocycles. The van der Waals surface area contributed by atoms with Crippen molar-refractivity contribution in [1.82, 2.24) is 4.98 Å². The van der Waals surface area contributed by atoms with Crippen molar-refractivity contribution in [2.24, 2.45) is 0 Å². The van der Waals surface area contributed by atoms with E-state index in [2.05, 4.69) is 9.72 Å². The zero-order valence-corrected chi connectivity index (χ0v) is 14.5. The molecule has 0 aliphatic rings. The van der Waals surface area contributed by atoms with Gasteiger partial charge in [0, 0.05) is 17.6 Å². The fraction of sp³-hybridized carbons (Fsp3) is 0.158. The average molecular weight is 393 g/mol. The van der Waals surface area contributed by atoms with Crippen LogP contribution in [-0.2, 0) is 4.74 Å². The molecular formula is C19H14F3NO5. The van der Waals surface area contributed by atoms with E-state index in [0.29, 0.717) is 11.3 Å². The molecule has 0 spiro atoms. The first-order valence-electron chi connectivity index (χ1n) is 8.13. The number of esters is 1. The molecule has 146 valence electrons. The van der Waals surface area contributed by atoms with Gasteiger partial charge in [0.15, 0.2) is 0 Å². The van der Waals surface area contributed by atoms with Crippen LogP contribution in [0, 0.1) is 0 Å². The maximum absolute atomic E-state index is 12.4. The number of alkyl halides is 3. The largest absolute Gasteiger partial charge is 0.573 e. The maximum atomic E-state index is 12.4. The van der Waals surface area contributed by atoms with Crippen molar-refractivity contribution in [2.75, 3.05) is 6.61 Å². The van der Waals surface area contributed by atoms with E-state index in [1.54, 1.807) is 6.92 Å². The number of ether oxygens (including phenoxy) is 3. The first-order chi connectivity index (χ1) is 13.3. The fourth-order valence-corrected chi connectivity index (χ4v) is 2.47. The van der Waals surface area contributed by atoms with Crippen LogP contribution in [0.2, 0.25) is 0 Å². The van der Waals surface area contributed by atoms with Crippen molar-refractivity contribution in [3.05, 3.63) is 64.4 Å². The predicted octanol–water partition coefficient (Wildman–Crippen LogP) is 4.40. The number of carbonyl (C=O) groups is 1. The number of rotatable bonds is 5. The number of halogens is 3. The van der Waals surface area contributed by atoms with Crippen LogP contribution in [0.4, 0.5) is 13.2 Å². The van der Waals surface area contributed by atoms with Gasteiger partial charge < -0.3 is 19.2 Å². The quantitative estimate of drug-likeness (QED) is 0.651. The molecule has 3 aromatic rings. The molecule has 3 rings (SSSR count). The van der Waals surface area contributed by atoms with Gasteiger partial charge in [-0.2, -0.15) is 0 Å². The first kappa shape index (κ1) is 19.3. The number of hydrogen-bond donors (Lipinski definition) is 1. The van der Waals surface area contributed by atoms with Crippen LogP contribution in [0.15, 0.2) is 53.5 Å². The highest BCUT2D eigenvalue weighted by Crippen LogP contribution is 2.28. The van der Waals surface area contributed by atoms with Crippen LogP contribution < -0.4 is 14.9 Å². The van der Waals surface area contributed by atoms with Crippen molar-refractivity contribution >= 4 is 16.9 Å². The predicted molar refractivity (Wildman–Crippen MR) is 93.7 cm³/mol. The van der Waals surface area contributed by atoms with Crippen LogP contribution >= 0.6 is 0 Å². The van der Waals surface area contributed by atoms with E-state index in [1.165, 1.54) is 36.5 Å². The average Bonchev–Trinajstić information content (AvgIpc) is 2.62. The summed E-state index contributed by atoms with van der Waals surface area (Å²) in [4.78, 5) is 27.0. The number of H-pyrrole nitrogens is 1. The Balaban J connectivity index is 1.82. The van der Waals surface area contributed by atoms with Gasteiger partial charge >= 0.3 is 12.3 Å². The fourth-order valence-electron chi connectivity index (χ4n) is 2.47. The topological polar surface area (TPSA) is 77.6 Å². The van der Waals surface area contributed by atoms with Gasteiger partial charge in [-0.25, -0.2) is 4.79 Å². The van der Waals surface area contributed by atoms with Crippen molar-refractivity contribution < 1.29 is 32.2 Å². The maximum Gasteiger partial charge on any atom is 0.573 e. The van der Waals surface area contributed by atoms with Crippen LogP contribution in [-0.4, -0.2) is 23.9 Å². The van der Waals surface area contributed by atoms with Gasteiger partial charge in [0.1, 0.15) is 22.8 Å². The van der Waals surface area contributed by atoms with Crippen molar-refractivity contribution in [1.29, 1.82) is 0 Å². The van der Waals surface area contributed by atoms with E-state index >= 15 is 0 Å². The molecule has 28 heavy (non-hydrogen) atoms. The van der Waals surface area contributed by atoms with Crippen molar-refractivity contribution in [3.8, 4) is 17.2 Å². The van der Waals surface area contributed by atoms with Crippen LogP contribution in [0.3, 0.4) is 0 Å². The summed E-state index contributed by atoms with van der Waals surface area (Å²) in [6.07, 6.45) is -3.51. The molecule has 0 saturated carbocycles. The Kier molecular flexibility index (Phi) is 5.25. The molecular weight excluding hydrogens is 379 g/mol. The number of carbonyl (C=O) groups excluding carboxylic acids is 1. The second kappa shape index (κ2) is 7.63. The van der Waals surface area contributed by atoms with E-state index in [-0.39, 0.29) is 29.1 Å². The molecule has 0 aliphatic heterocycles. The van der Waals surface area contributed by atoms with Crippen LogP contribution in [0.1, 0.15) is 17.3 Å². The monoisotopic (exact) mass is 393 g/mol. The van der Waals surface area contributed by atoms with Gasteiger partial charge in [-0.1, -0.05) is 0 Å². The first-order valence-corrected chi connectivity index (χ1v) is 8.13. The Bertz CT molecular complexity index is 1060. The van der Waals surface area contributed by atoms with E-state index in [0.717, 1.165) is 12.1 Å². The molecule has 0 atom stereocenters. The molecule has 2 aromatic carbocycles. The Hall–Kier alpha value is -3.49. The number of aromatic nitrogens is 1. The highest BCUT2D eigenvalue weighted by Gasteiger charge is 2.31. The summed E-state index contributed by atoms with van der Waals surface area (Å²) in [6.45, 7) is 1.79. The smallest absolute Gasteiger partial charge is 0.462 e. The van der Waals surface area contributed by atoms with Crippen LogP contribution in [0.5, 0.6) is 17.2 Å². The minimum absolute atomic E-state index is 0.108. The summed E-state index contributed by atoms with van der Waals surface area (Å²) in [7, 11) is 0. The molecule has 1 N–H and O–H groups in total. The second-order valence-electron chi connectivity index (χ2n) is 5.58. The van der Waals surface area contributed by atoms with Gasteiger partial charge in [-0.05, 0) is 43.3 Å². The zero-order chi connectivity index (χ0) is 20.3. The van der Waals surface area contributed by atoms with Gasteiger partial charge in [-0.15, -0.1) is 13.2 Å². The third-order valence-corrected chi connectivity index (χ3v) is 3.64. The summed E-state index contributed by atoms with van der Waals surface area (Å²) in [5.74, 6) is -0.461. The molecule has 0 fully saturated rings. The van der Waals surface area contributed by atoms with Gasteiger partial charge in [0.2, 0.25) is 5.43 Å². The number of benzene rings is 2. The highest BCUT2D eigenvalue weighted by molar-refractivity contribution is 5.93. The molecule has 0 amide bonds. The molecule has 0 radical (unpaired) electrons. The number of fused-ring (bicyclic) bond motifs is 1. The summed E-state index contributed by atoms with van der Waals surface area (Å²) < 4.78 is 50.7. The minimum Gasteiger partial charge on any atom is -0.462 e. The van der Waals surface area contributed by atoms with E-state index in [4.69, 9.17) is 9.47 Å². The second-order valence-corrected chi connectivity index (χ2v) is 5.58. The standard InChI is InChI=1S/C19H14F3NO5/c1-2-26-18(25)15-10-23-16-9-13(7-8-14(16)17(15)24)27-11-3-5-12(6-4-11)28-19(20,21)22/h3-10H,2H2,1H3,(H,23,24). The summed E-state index contributed by atoms with van der Waals surface area (Å²) in [5, 5.41) is 0.270. The lowest BCUT2D eigenvalue weighted by Crippen LogP contribution is -2.18. The third kappa shape index (κ3) is 4.43. The Morgan fingerprint density at radius 3 is 2.32 bits per heavy atom. The van der Waals surface area contributed by atoms with Gasteiger partial charge in [-0.3, -0.25) is 4.79 Å². The van der Waals surface area contributed by atoms with Crippen LogP contribution in [0.25, 0.3) is 10.9 Å². The third-order valence-electron chi connectivity index (χ3n) is 3.64. The Morgan fingerprint density at radius 2 is 1.68 bits per heavy atom. The van der Waals surface area contributed by atoms with Gasteiger partial charge in [0.25, 0.3) is 0 Å². The summed E-state index contributed by atoms with van der Waals surface area (Å²) >= 11 is 0. The van der Waals surface area contributed by atoms with Crippen molar-refractivity contribution in [3.63, 3.8) is 0 Å². The van der Waals surface area contributed by atoms with Crippen molar-refractivity contribution in [2.45, 2.75) is 13.3 Å². The molecule has 0 unspecified atom stereocenters. The molecule has 6 nitrogen and oxygen atoms in total. The molecule has 0 aliphatic carbocycles. The summed E-state index contributed by atoms with van der Waals surface area (Å²) in [5.41, 5.74) is -0.164. The molecule has 0 saturated heterocycles. The number of aromatic amines is 1. The SMILES string of the molecule is CCOC(=O)c1c[nH]c2cc(Oc3ccc(OC(F)(F)F)cc3)ccc2c1=O. The lowest BCUT2D eigenvalue weighted by molar-refractivity contribution is -0.274. The zero-order valence-electron chi connectivity index (χ0n) is 14.5. The normalized spacial score (nSPS) is 11.3. The highest BCUT2D eigenvalue weighted by atomic mass is 19.4.